The largest absolute Gasteiger partial charge is 0.490 e. The van der Waals surface area contributed by atoms with Crippen LogP contribution in [0, 0.1) is 0 Å². The molecular weight excluding hydrogens is 485 g/mol. The van der Waals surface area contributed by atoms with Gasteiger partial charge in [-0.2, -0.15) is 13.2 Å². The fourth-order valence-electron chi connectivity index (χ4n) is 4.38. The van der Waals surface area contributed by atoms with Gasteiger partial charge in [-0.1, -0.05) is 11.6 Å². The maximum Gasteiger partial charge on any atom is 0.418 e. The van der Waals surface area contributed by atoms with Crippen LogP contribution in [0.25, 0.3) is 0 Å². The van der Waals surface area contributed by atoms with E-state index >= 15 is 0 Å². The molecule has 1 amide bonds. The number of rotatable bonds is 6. The zero-order valence-corrected chi connectivity index (χ0v) is 19.9. The third-order valence-corrected chi connectivity index (χ3v) is 6.59. The van der Waals surface area contributed by atoms with Gasteiger partial charge in [0.25, 0.3) is 0 Å². The van der Waals surface area contributed by atoms with E-state index in [0.717, 1.165) is 11.9 Å². The summed E-state index contributed by atoms with van der Waals surface area (Å²) in [4.78, 5) is 20.8. The highest BCUT2D eigenvalue weighted by Gasteiger charge is 2.34. The third-order valence-electron chi connectivity index (χ3n) is 6.36. The van der Waals surface area contributed by atoms with Gasteiger partial charge in [0.05, 0.1) is 22.8 Å². The molecule has 2 fully saturated rings. The van der Waals surface area contributed by atoms with Crippen molar-refractivity contribution in [2.45, 2.75) is 44.1 Å². The number of halogens is 4. The first-order valence-electron chi connectivity index (χ1n) is 11.6. The molecule has 1 aliphatic heterocycles. The lowest BCUT2D eigenvalue weighted by atomic mass is 9.95. The predicted octanol–water partition coefficient (Wildman–Crippen LogP) is 4.39. The van der Waals surface area contributed by atoms with Gasteiger partial charge in [0, 0.05) is 38.1 Å². The van der Waals surface area contributed by atoms with Crippen molar-refractivity contribution in [3.8, 4) is 5.75 Å². The van der Waals surface area contributed by atoms with Gasteiger partial charge < -0.3 is 25.0 Å². The van der Waals surface area contributed by atoms with E-state index in [0.29, 0.717) is 56.9 Å². The van der Waals surface area contributed by atoms with Crippen molar-refractivity contribution in [3.05, 3.63) is 47.1 Å². The van der Waals surface area contributed by atoms with Crippen molar-refractivity contribution >= 4 is 29.0 Å². The molecule has 1 aromatic carbocycles. The van der Waals surface area contributed by atoms with Crippen LogP contribution in [-0.2, 0) is 15.7 Å². The number of hydrogen-bond donors (Lipinski definition) is 1. The number of nitrogen functional groups attached to an aromatic ring is 1. The molecule has 11 heteroatoms. The number of ether oxygens (including phenoxy) is 2. The third kappa shape index (κ3) is 6.70. The molecular formula is C24H28ClF3N4O3. The summed E-state index contributed by atoms with van der Waals surface area (Å²) in [5.74, 6) is 0.943. The van der Waals surface area contributed by atoms with Gasteiger partial charge in [-0.25, -0.2) is 4.98 Å². The molecule has 2 aromatic rings. The van der Waals surface area contributed by atoms with Gasteiger partial charge in [0.15, 0.2) is 0 Å². The minimum absolute atomic E-state index is 0.0162. The van der Waals surface area contributed by atoms with Gasteiger partial charge in [-0.3, -0.25) is 4.79 Å². The molecule has 2 N–H and O–H groups in total. The van der Waals surface area contributed by atoms with Crippen LogP contribution in [0.3, 0.4) is 0 Å². The van der Waals surface area contributed by atoms with Crippen LogP contribution < -0.4 is 15.4 Å². The van der Waals surface area contributed by atoms with Crippen LogP contribution >= 0.6 is 11.6 Å². The molecule has 0 atom stereocenters. The van der Waals surface area contributed by atoms with Crippen molar-refractivity contribution in [2.75, 3.05) is 43.4 Å². The van der Waals surface area contributed by atoms with Crippen LogP contribution in [0.2, 0.25) is 5.02 Å². The summed E-state index contributed by atoms with van der Waals surface area (Å²) in [7, 11) is 0. The summed E-state index contributed by atoms with van der Waals surface area (Å²) in [6.07, 6.45) is -0.572. The van der Waals surface area contributed by atoms with E-state index in [9.17, 15) is 18.0 Å². The number of amides is 1. The molecule has 2 aliphatic rings. The molecule has 1 saturated carbocycles. The maximum atomic E-state index is 13.1. The highest BCUT2D eigenvalue weighted by Crippen LogP contribution is 2.36. The van der Waals surface area contributed by atoms with Gasteiger partial charge in [0.2, 0.25) is 5.91 Å². The van der Waals surface area contributed by atoms with Gasteiger partial charge in [-0.15, -0.1) is 0 Å². The summed E-state index contributed by atoms with van der Waals surface area (Å²) < 4.78 is 50.8. The van der Waals surface area contributed by atoms with Crippen LogP contribution in [0.1, 0.15) is 31.2 Å². The first kappa shape index (κ1) is 25.4. The number of piperazine rings is 1. The number of carbonyl (C=O) groups is 1. The summed E-state index contributed by atoms with van der Waals surface area (Å²) >= 11 is 5.89. The second-order valence-corrected chi connectivity index (χ2v) is 9.21. The molecule has 0 spiro atoms. The molecule has 1 aromatic heterocycles. The number of hydrogen-bond acceptors (Lipinski definition) is 6. The van der Waals surface area contributed by atoms with Crippen LogP contribution in [0.4, 0.5) is 24.7 Å². The molecule has 0 bridgehead atoms. The first-order chi connectivity index (χ1) is 16.7. The molecule has 2 heterocycles. The molecule has 35 heavy (non-hydrogen) atoms. The van der Waals surface area contributed by atoms with E-state index in [2.05, 4.69) is 9.88 Å². The number of carbonyl (C=O) groups excluding carboxylic acids is 1. The van der Waals surface area contributed by atoms with E-state index in [1.807, 2.05) is 6.07 Å². The van der Waals surface area contributed by atoms with Crippen LogP contribution in [-0.4, -0.2) is 60.8 Å². The first-order valence-corrected chi connectivity index (χ1v) is 12.0. The maximum absolute atomic E-state index is 13.1. The van der Waals surface area contributed by atoms with Gasteiger partial charge in [-0.05, 0) is 56.0 Å². The lowest BCUT2D eigenvalue weighted by molar-refractivity contribution is -0.139. The molecule has 4 rings (SSSR count). The van der Waals surface area contributed by atoms with Crippen molar-refractivity contribution in [2.24, 2.45) is 0 Å². The number of nitrogens with two attached hydrogens (primary N) is 1. The fraction of sp³-hybridized carbons (Fsp3) is 0.500. The summed E-state index contributed by atoms with van der Waals surface area (Å²) in [5.41, 5.74) is 4.23. The monoisotopic (exact) mass is 512 g/mol. The van der Waals surface area contributed by atoms with Crippen molar-refractivity contribution in [1.29, 1.82) is 0 Å². The number of nitrogens with zero attached hydrogens (tertiary/aromatic N) is 3. The average molecular weight is 513 g/mol. The molecule has 0 radical (unpaired) electrons. The smallest absolute Gasteiger partial charge is 0.418 e. The standard InChI is InChI=1S/C24H28ClF3N4O3/c25-16-1-8-22(30-14-16)31-9-11-32(12-10-31)23(33)15-34-17-2-4-18(5-3-17)35-19-6-7-21(29)20(13-19)24(26,27)28/h1,6-8,13-14,17-18H,2-5,9-12,15,29H2. The van der Waals surface area contributed by atoms with Gasteiger partial charge >= 0.3 is 6.18 Å². The lowest BCUT2D eigenvalue weighted by Crippen LogP contribution is -2.50. The second-order valence-electron chi connectivity index (χ2n) is 8.78. The summed E-state index contributed by atoms with van der Waals surface area (Å²) in [5, 5.41) is 0.584. The van der Waals surface area contributed by atoms with Crippen molar-refractivity contribution in [1.82, 2.24) is 9.88 Å². The Bertz CT molecular complexity index is 1010. The van der Waals surface area contributed by atoms with E-state index in [1.165, 1.54) is 12.1 Å². The minimum atomic E-state index is -4.53. The van der Waals surface area contributed by atoms with Gasteiger partial charge in [0.1, 0.15) is 18.2 Å². The Hall–Kier alpha value is -2.72. The minimum Gasteiger partial charge on any atom is -0.490 e. The zero-order valence-electron chi connectivity index (χ0n) is 19.1. The molecule has 190 valence electrons. The van der Waals surface area contributed by atoms with Crippen molar-refractivity contribution < 1.29 is 27.4 Å². The topological polar surface area (TPSA) is 80.9 Å². The Kier molecular flexibility index (Phi) is 7.91. The zero-order chi connectivity index (χ0) is 25.0. The quantitative estimate of drug-likeness (QED) is 0.578. The molecule has 1 aliphatic carbocycles. The van der Waals surface area contributed by atoms with Crippen molar-refractivity contribution in [3.63, 3.8) is 0 Å². The number of anilines is 2. The number of aromatic nitrogens is 1. The lowest BCUT2D eigenvalue weighted by Gasteiger charge is -2.36. The highest BCUT2D eigenvalue weighted by molar-refractivity contribution is 6.30. The SMILES string of the molecule is Nc1ccc(OC2CCC(OCC(=O)N3CCN(c4ccc(Cl)cn4)CC3)CC2)cc1C(F)(F)F. The average Bonchev–Trinajstić information content (AvgIpc) is 2.84. The fourth-order valence-corrected chi connectivity index (χ4v) is 4.50. The number of alkyl halides is 3. The Morgan fingerprint density at radius 3 is 2.37 bits per heavy atom. The number of pyridine rings is 1. The summed E-state index contributed by atoms with van der Waals surface area (Å²) in [6.45, 7) is 2.57. The van der Waals surface area contributed by atoms with Crippen LogP contribution in [0.5, 0.6) is 5.75 Å². The Morgan fingerprint density at radius 1 is 1.06 bits per heavy atom. The van der Waals surface area contributed by atoms with E-state index < -0.39 is 11.7 Å². The number of benzene rings is 1. The van der Waals surface area contributed by atoms with E-state index in [1.54, 1.807) is 17.2 Å². The molecule has 7 nitrogen and oxygen atoms in total. The summed E-state index contributed by atoms with van der Waals surface area (Å²) in [6, 6.07) is 7.27. The predicted molar refractivity (Wildman–Crippen MR) is 127 cm³/mol. The normalized spacial score (nSPS) is 21.1. The van der Waals surface area contributed by atoms with E-state index in [-0.39, 0.29) is 36.2 Å². The van der Waals surface area contributed by atoms with E-state index in [4.69, 9.17) is 26.8 Å². The Morgan fingerprint density at radius 2 is 1.74 bits per heavy atom. The highest BCUT2D eigenvalue weighted by atomic mass is 35.5. The second kappa shape index (κ2) is 10.9. The Balaban J connectivity index is 1.17. The van der Waals surface area contributed by atoms with Crippen LogP contribution in [0.15, 0.2) is 36.5 Å². The molecule has 0 unspecified atom stereocenters. The molecule has 1 saturated heterocycles. The Labute approximate surface area is 206 Å².